The summed E-state index contributed by atoms with van der Waals surface area (Å²) in [4.78, 5) is 2.65. The van der Waals surface area contributed by atoms with Crippen LogP contribution in [0.3, 0.4) is 0 Å². The average molecular weight is 328 g/mol. The lowest BCUT2D eigenvalue weighted by atomic mass is 9.72. The first-order chi connectivity index (χ1) is 11.5. The largest absolute Gasteiger partial charge is 0.309 e. The summed E-state index contributed by atoms with van der Waals surface area (Å²) in [6.07, 6.45) is 6.20. The van der Waals surface area contributed by atoms with Crippen LogP contribution in [0.15, 0.2) is 29.8 Å². The van der Waals surface area contributed by atoms with Gasteiger partial charge >= 0.3 is 0 Å². The maximum absolute atomic E-state index is 13.3. The number of nitrogens with one attached hydrogen (secondary N) is 1. The second kappa shape index (κ2) is 6.27. The predicted molar refractivity (Wildman–Crippen MR) is 97.3 cm³/mol. The highest BCUT2D eigenvalue weighted by molar-refractivity contribution is 5.70. The summed E-state index contributed by atoms with van der Waals surface area (Å²) in [5, 5.41) is 3.72. The lowest BCUT2D eigenvalue weighted by Crippen LogP contribution is -2.51. The predicted octanol–water partition coefficient (Wildman–Crippen LogP) is 4.23. The second-order valence-electron chi connectivity index (χ2n) is 8.76. The Kier molecular flexibility index (Phi) is 4.26. The molecule has 0 amide bonds. The number of rotatable bonds is 3. The summed E-state index contributed by atoms with van der Waals surface area (Å²) in [6.45, 7) is 8.17. The summed E-state index contributed by atoms with van der Waals surface area (Å²) in [7, 11) is 0. The molecule has 1 aliphatic carbocycles. The van der Waals surface area contributed by atoms with Crippen molar-refractivity contribution in [3.8, 4) is 0 Å². The molecule has 2 saturated heterocycles. The molecule has 1 N–H and O–H groups in total. The number of allylic oxidation sites excluding steroid dienone is 1. The molecule has 3 aliphatic rings. The van der Waals surface area contributed by atoms with Gasteiger partial charge in [-0.05, 0) is 60.8 Å². The maximum Gasteiger partial charge on any atom is 0.123 e. The molecule has 2 heterocycles. The Balaban J connectivity index is 1.60. The fraction of sp³-hybridized carbons (Fsp3) is 0.619. The van der Waals surface area contributed by atoms with Crippen LogP contribution in [0.4, 0.5) is 4.39 Å². The highest BCUT2D eigenvalue weighted by atomic mass is 19.1. The van der Waals surface area contributed by atoms with Crippen molar-refractivity contribution in [2.75, 3.05) is 19.6 Å². The van der Waals surface area contributed by atoms with Crippen LogP contribution in [-0.4, -0.2) is 36.6 Å². The van der Waals surface area contributed by atoms with Gasteiger partial charge in [0.05, 0.1) is 0 Å². The van der Waals surface area contributed by atoms with Crippen LogP contribution in [-0.2, 0) is 0 Å². The zero-order valence-corrected chi connectivity index (χ0v) is 14.9. The maximum atomic E-state index is 13.3. The van der Waals surface area contributed by atoms with Gasteiger partial charge in [-0.25, -0.2) is 4.39 Å². The van der Waals surface area contributed by atoms with Gasteiger partial charge in [-0.15, -0.1) is 0 Å². The van der Waals surface area contributed by atoms with Crippen molar-refractivity contribution in [2.45, 2.75) is 58.0 Å². The number of nitrogens with zero attached hydrogens (tertiary/aromatic N) is 1. The number of likely N-dealkylation sites (tertiary alicyclic amines) is 1. The lowest BCUT2D eigenvalue weighted by molar-refractivity contribution is 0.205. The number of fused-ring (bicyclic) bond motifs is 2. The normalized spacial score (nSPS) is 30.0. The molecule has 2 atom stereocenters. The topological polar surface area (TPSA) is 15.3 Å². The molecule has 2 fully saturated rings. The van der Waals surface area contributed by atoms with E-state index in [0.717, 1.165) is 13.0 Å². The van der Waals surface area contributed by atoms with Gasteiger partial charge in [-0.3, -0.25) is 4.90 Å². The molecule has 2 nitrogen and oxygen atoms in total. The lowest BCUT2D eigenvalue weighted by Gasteiger charge is -2.38. The van der Waals surface area contributed by atoms with Crippen LogP contribution in [0.2, 0.25) is 0 Å². The first-order valence-corrected chi connectivity index (χ1v) is 9.44. The van der Waals surface area contributed by atoms with E-state index in [4.69, 9.17) is 0 Å². The summed E-state index contributed by atoms with van der Waals surface area (Å²) in [5.74, 6) is -0.144. The van der Waals surface area contributed by atoms with E-state index >= 15 is 0 Å². The van der Waals surface area contributed by atoms with Crippen LogP contribution in [0, 0.1) is 11.2 Å². The third-order valence-corrected chi connectivity index (χ3v) is 6.08. The highest BCUT2D eigenvalue weighted by Gasteiger charge is 2.34. The van der Waals surface area contributed by atoms with Gasteiger partial charge in [0, 0.05) is 31.7 Å². The zero-order chi connectivity index (χ0) is 16.7. The molecule has 0 radical (unpaired) electrons. The minimum Gasteiger partial charge on any atom is -0.309 e. The highest BCUT2D eigenvalue weighted by Crippen LogP contribution is 2.43. The minimum atomic E-state index is -0.144. The molecule has 0 aromatic heterocycles. The van der Waals surface area contributed by atoms with Crippen molar-refractivity contribution in [3.05, 3.63) is 41.2 Å². The van der Waals surface area contributed by atoms with E-state index in [1.807, 2.05) is 12.1 Å². The molecule has 1 aromatic rings. The van der Waals surface area contributed by atoms with Crippen molar-refractivity contribution in [1.29, 1.82) is 0 Å². The van der Waals surface area contributed by atoms with E-state index in [2.05, 4.69) is 24.1 Å². The van der Waals surface area contributed by atoms with Gasteiger partial charge in [0.2, 0.25) is 0 Å². The smallest absolute Gasteiger partial charge is 0.123 e. The molecule has 24 heavy (non-hydrogen) atoms. The van der Waals surface area contributed by atoms with Gasteiger partial charge < -0.3 is 5.32 Å². The van der Waals surface area contributed by atoms with E-state index in [-0.39, 0.29) is 5.82 Å². The van der Waals surface area contributed by atoms with Crippen LogP contribution in [0.1, 0.15) is 51.5 Å². The fourth-order valence-corrected chi connectivity index (χ4v) is 4.75. The summed E-state index contributed by atoms with van der Waals surface area (Å²) in [6, 6.07) is 8.53. The Morgan fingerprint density at radius 3 is 2.46 bits per heavy atom. The molecular formula is C21H29FN2. The Labute approximate surface area is 145 Å². The number of hydrogen-bond acceptors (Lipinski definition) is 2. The first kappa shape index (κ1) is 16.3. The van der Waals surface area contributed by atoms with Crippen molar-refractivity contribution in [1.82, 2.24) is 10.2 Å². The van der Waals surface area contributed by atoms with Gasteiger partial charge in [0.25, 0.3) is 0 Å². The zero-order valence-electron chi connectivity index (χ0n) is 14.9. The number of hydrogen-bond donors (Lipinski definition) is 1. The standard InChI is InChI=1S/C21H29FN2/c1-21(2)10-9-16(12-24-13-18-7-8-19(14-24)23-18)20(11-21)15-3-5-17(22)6-4-15/h3-6,18-19,23H,7-14H2,1-2H3. The molecule has 130 valence electrons. The average Bonchev–Trinajstić information content (AvgIpc) is 2.88. The van der Waals surface area contributed by atoms with Gasteiger partial charge in [0.15, 0.2) is 0 Å². The minimum absolute atomic E-state index is 0.144. The Morgan fingerprint density at radius 2 is 1.79 bits per heavy atom. The van der Waals surface area contributed by atoms with Gasteiger partial charge in [-0.1, -0.05) is 31.6 Å². The van der Waals surface area contributed by atoms with Crippen molar-refractivity contribution in [3.63, 3.8) is 0 Å². The van der Waals surface area contributed by atoms with Crippen LogP contribution < -0.4 is 5.32 Å². The number of halogens is 1. The van der Waals surface area contributed by atoms with Gasteiger partial charge in [-0.2, -0.15) is 0 Å². The Hall–Kier alpha value is -1.19. The van der Waals surface area contributed by atoms with Gasteiger partial charge in [0.1, 0.15) is 5.82 Å². The van der Waals surface area contributed by atoms with E-state index in [1.54, 1.807) is 17.7 Å². The van der Waals surface area contributed by atoms with Crippen molar-refractivity contribution >= 4 is 5.57 Å². The van der Waals surface area contributed by atoms with E-state index in [9.17, 15) is 4.39 Å². The summed E-state index contributed by atoms with van der Waals surface area (Å²) >= 11 is 0. The van der Waals surface area contributed by atoms with E-state index in [0.29, 0.717) is 17.5 Å². The monoisotopic (exact) mass is 328 g/mol. The van der Waals surface area contributed by atoms with Crippen molar-refractivity contribution in [2.24, 2.45) is 5.41 Å². The summed E-state index contributed by atoms with van der Waals surface area (Å²) in [5.41, 5.74) is 4.62. The molecule has 1 aromatic carbocycles. The molecule has 2 unspecified atom stereocenters. The quantitative estimate of drug-likeness (QED) is 0.893. The van der Waals surface area contributed by atoms with Crippen LogP contribution >= 0.6 is 0 Å². The molecule has 0 saturated carbocycles. The summed E-state index contributed by atoms with van der Waals surface area (Å²) < 4.78 is 13.3. The third kappa shape index (κ3) is 3.43. The van der Waals surface area contributed by atoms with E-state index < -0.39 is 0 Å². The molecule has 3 heteroatoms. The van der Waals surface area contributed by atoms with Crippen LogP contribution in [0.25, 0.3) is 5.57 Å². The SMILES string of the molecule is CC1(C)CCC(CN2CC3CCC(C2)N3)=C(c2ccc(F)cc2)C1. The molecule has 4 rings (SSSR count). The molecular weight excluding hydrogens is 299 g/mol. The third-order valence-electron chi connectivity index (χ3n) is 6.08. The first-order valence-electron chi connectivity index (χ1n) is 9.44. The van der Waals surface area contributed by atoms with Crippen molar-refractivity contribution < 1.29 is 4.39 Å². The number of benzene rings is 1. The molecule has 2 bridgehead atoms. The Bertz CT molecular complexity index is 620. The second-order valence-corrected chi connectivity index (χ2v) is 8.76. The Morgan fingerprint density at radius 1 is 1.12 bits per heavy atom. The van der Waals surface area contributed by atoms with E-state index in [1.165, 1.54) is 49.9 Å². The number of piperazine rings is 1. The fourth-order valence-electron chi connectivity index (χ4n) is 4.75. The molecule has 2 aliphatic heterocycles. The van der Waals surface area contributed by atoms with Crippen LogP contribution in [0.5, 0.6) is 0 Å². The molecule has 0 spiro atoms.